The molecule has 0 unspecified atom stereocenters. The van der Waals surface area contributed by atoms with Crippen molar-refractivity contribution in [3.8, 4) is 5.75 Å². The summed E-state index contributed by atoms with van der Waals surface area (Å²) in [5, 5.41) is 0. The first-order valence-corrected chi connectivity index (χ1v) is 8.86. The van der Waals surface area contributed by atoms with E-state index >= 15 is 0 Å². The molecule has 0 aromatic heterocycles. The quantitative estimate of drug-likeness (QED) is 0.797. The van der Waals surface area contributed by atoms with Gasteiger partial charge in [0, 0.05) is 45.7 Å². The molecule has 0 saturated carbocycles. The largest absolute Gasteiger partial charge is 0.491 e. The average Bonchev–Trinajstić information content (AvgIpc) is 2.59. The zero-order valence-electron chi connectivity index (χ0n) is 15.9. The lowest BCUT2D eigenvalue weighted by atomic mass is 10.2. The maximum atomic E-state index is 12.6. The van der Waals surface area contributed by atoms with Gasteiger partial charge in [-0.3, -0.25) is 14.4 Å². The zero-order valence-corrected chi connectivity index (χ0v) is 15.9. The van der Waals surface area contributed by atoms with Gasteiger partial charge in [0.25, 0.3) is 0 Å². The number of carbonyl (C=O) groups is 3. The fraction of sp³-hybridized carbons (Fsp3) is 0.526. The molecule has 26 heavy (non-hydrogen) atoms. The summed E-state index contributed by atoms with van der Waals surface area (Å²) in [5.74, 6) is 0.425. The molecule has 1 fully saturated rings. The predicted octanol–water partition coefficient (Wildman–Crippen LogP) is 1.52. The Labute approximate surface area is 154 Å². The van der Waals surface area contributed by atoms with Crippen LogP contribution in [0.1, 0.15) is 27.7 Å². The minimum atomic E-state index is -0.196. The Hall–Kier alpha value is -2.57. The normalized spacial score (nSPS) is 14.3. The Bertz CT molecular complexity index is 649. The minimum absolute atomic E-state index is 0.0141. The van der Waals surface area contributed by atoms with Crippen molar-refractivity contribution in [1.82, 2.24) is 9.80 Å². The van der Waals surface area contributed by atoms with Crippen LogP contribution in [-0.4, -0.2) is 66.3 Å². The summed E-state index contributed by atoms with van der Waals surface area (Å²) in [6.45, 7) is 8.89. The lowest BCUT2D eigenvalue weighted by Gasteiger charge is -2.35. The van der Waals surface area contributed by atoms with Crippen molar-refractivity contribution in [3.63, 3.8) is 0 Å². The number of benzene rings is 1. The fourth-order valence-corrected chi connectivity index (χ4v) is 2.87. The molecule has 0 radical (unpaired) electrons. The van der Waals surface area contributed by atoms with E-state index in [1.54, 1.807) is 34.1 Å². The lowest BCUT2D eigenvalue weighted by Crippen LogP contribution is -2.52. The Morgan fingerprint density at radius 2 is 1.54 bits per heavy atom. The molecule has 0 N–H and O–H groups in total. The molecule has 1 saturated heterocycles. The van der Waals surface area contributed by atoms with Gasteiger partial charge in [0.1, 0.15) is 12.3 Å². The smallest absolute Gasteiger partial charge is 0.242 e. The molecule has 7 nitrogen and oxygen atoms in total. The van der Waals surface area contributed by atoms with E-state index < -0.39 is 0 Å². The van der Waals surface area contributed by atoms with Gasteiger partial charge in [-0.15, -0.1) is 0 Å². The fourth-order valence-electron chi connectivity index (χ4n) is 2.87. The number of hydrogen-bond acceptors (Lipinski definition) is 4. The third kappa shape index (κ3) is 5.21. The lowest BCUT2D eigenvalue weighted by molar-refractivity contribution is -0.137. The first-order chi connectivity index (χ1) is 12.3. The Morgan fingerprint density at radius 3 is 2.00 bits per heavy atom. The van der Waals surface area contributed by atoms with Gasteiger partial charge in [-0.1, -0.05) is 0 Å². The molecule has 0 atom stereocenters. The van der Waals surface area contributed by atoms with Crippen molar-refractivity contribution in [2.75, 3.05) is 37.6 Å². The summed E-state index contributed by atoms with van der Waals surface area (Å²) in [5.41, 5.74) is 0.657. The highest BCUT2D eigenvalue weighted by Crippen LogP contribution is 2.21. The summed E-state index contributed by atoms with van der Waals surface area (Å²) in [4.78, 5) is 40.9. The monoisotopic (exact) mass is 361 g/mol. The van der Waals surface area contributed by atoms with Crippen molar-refractivity contribution >= 4 is 23.4 Å². The Kier molecular flexibility index (Phi) is 6.60. The highest BCUT2D eigenvalue weighted by Gasteiger charge is 2.25. The van der Waals surface area contributed by atoms with Gasteiger partial charge < -0.3 is 19.4 Å². The van der Waals surface area contributed by atoms with Gasteiger partial charge in [-0.2, -0.15) is 0 Å². The van der Waals surface area contributed by atoms with Gasteiger partial charge in [0.15, 0.2) is 0 Å². The molecular formula is C19H27N3O4. The van der Waals surface area contributed by atoms with E-state index in [0.29, 0.717) is 31.9 Å². The van der Waals surface area contributed by atoms with Gasteiger partial charge in [0.05, 0.1) is 6.10 Å². The van der Waals surface area contributed by atoms with Crippen LogP contribution in [0.15, 0.2) is 24.3 Å². The van der Waals surface area contributed by atoms with Crippen molar-refractivity contribution in [2.24, 2.45) is 0 Å². The van der Waals surface area contributed by atoms with E-state index in [-0.39, 0.29) is 30.4 Å². The summed E-state index contributed by atoms with van der Waals surface area (Å²) < 4.78 is 5.60. The summed E-state index contributed by atoms with van der Waals surface area (Å²) in [6.07, 6.45) is 0.0695. The number of piperazine rings is 1. The van der Waals surface area contributed by atoms with E-state index in [2.05, 4.69) is 0 Å². The van der Waals surface area contributed by atoms with Crippen molar-refractivity contribution < 1.29 is 19.1 Å². The van der Waals surface area contributed by atoms with Crippen LogP contribution in [0.3, 0.4) is 0 Å². The second-order valence-corrected chi connectivity index (χ2v) is 6.65. The van der Waals surface area contributed by atoms with Crippen LogP contribution in [-0.2, 0) is 14.4 Å². The first kappa shape index (κ1) is 19.8. The molecule has 1 aromatic rings. The molecule has 1 aromatic carbocycles. The summed E-state index contributed by atoms with van der Waals surface area (Å²) >= 11 is 0. The number of hydrogen-bond donors (Lipinski definition) is 0. The molecule has 7 heteroatoms. The van der Waals surface area contributed by atoms with Crippen LogP contribution in [0.4, 0.5) is 5.69 Å². The van der Waals surface area contributed by atoms with Crippen molar-refractivity contribution in [1.29, 1.82) is 0 Å². The van der Waals surface area contributed by atoms with Crippen LogP contribution in [0.5, 0.6) is 5.75 Å². The summed E-state index contributed by atoms with van der Waals surface area (Å²) in [7, 11) is 0. The van der Waals surface area contributed by atoms with Crippen molar-refractivity contribution in [3.05, 3.63) is 24.3 Å². The number of anilines is 1. The van der Waals surface area contributed by atoms with Crippen LogP contribution in [0, 0.1) is 0 Å². The zero-order chi connectivity index (χ0) is 19.3. The van der Waals surface area contributed by atoms with E-state index in [0.717, 1.165) is 5.75 Å². The SMILES string of the molecule is CC(=O)N1CCN(C(=O)CN(C(C)=O)c2ccc(OC(C)C)cc2)CC1. The Morgan fingerprint density at radius 1 is 1.00 bits per heavy atom. The minimum Gasteiger partial charge on any atom is -0.491 e. The van der Waals surface area contributed by atoms with Crippen LogP contribution in [0.25, 0.3) is 0 Å². The number of ether oxygens (including phenoxy) is 1. The van der Waals surface area contributed by atoms with Crippen LogP contribution in [0.2, 0.25) is 0 Å². The van der Waals surface area contributed by atoms with Gasteiger partial charge >= 0.3 is 0 Å². The molecule has 142 valence electrons. The third-order valence-corrected chi connectivity index (χ3v) is 4.27. The maximum absolute atomic E-state index is 12.6. The second-order valence-electron chi connectivity index (χ2n) is 6.65. The standard InChI is InChI=1S/C19H27N3O4/c1-14(2)26-18-7-5-17(6-8-18)22(16(4)24)13-19(25)21-11-9-20(10-12-21)15(3)23/h5-8,14H,9-13H2,1-4H3. The van der Waals surface area contributed by atoms with Gasteiger partial charge in [0.2, 0.25) is 17.7 Å². The average molecular weight is 361 g/mol. The summed E-state index contributed by atoms with van der Waals surface area (Å²) in [6, 6.07) is 7.14. The van der Waals surface area contributed by atoms with Gasteiger partial charge in [-0.05, 0) is 38.1 Å². The molecule has 1 aliphatic heterocycles. The third-order valence-electron chi connectivity index (χ3n) is 4.27. The molecule has 0 spiro atoms. The van der Waals surface area contributed by atoms with Crippen LogP contribution < -0.4 is 9.64 Å². The number of rotatable bonds is 5. The first-order valence-electron chi connectivity index (χ1n) is 8.86. The van der Waals surface area contributed by atoms with E-state index in [4.69, 9.17) is 4.74 Å². The topological polar surface area (TPSA) is 70.2 Å². The van der Waals surface area contributed by atoms with E-state index in [1.165, 1.54) is 18.7 Å². The number of amides is 3. The second kappa shape index (κ2) is 8.69. The van der Waals surface area contributed by atoms with Gasteiger partial charge in [-0.25, -0.2) is 0 Å². The molecule has 0 aliphatic carbocycles. The van der Waals surface area contributed by atoms with E-state index in [1.807, 2.05) is 13.8 Å². The Balaban J connectivity index is 2.00. The van der Waals surface area contributed by atoms with Crippen molar-refractivity contribution in [2.45, 2.75) is 33.8 Å². The number of carbonyl (C=O) groups excluding carboxylic acids is 3. The highest BCUT2D eigenvalue weighted by molar-refractivity contribution is 5.97. The maximum Gasteiger partial charge on any atom is 0.242 e. The highest BCUT2D eigenvalue weighted by atomic mass is 16.5. The number of nitrogens with zero attached hydrogens (tertiary/aromatic N) is 3. The molecule has 0 bridgehead atoms. The molecule has 1 heterocycles. The predicted molar refractivity (Wildman–Crippen MR) is 99.1 cm³/mol. The molecule has 2 rings (SSSR count). The molecule has 3 amide bonds. The molecule has 1 aliphatic rings. The van der Waals surface area contributed by atoms with E-state index in [9.17, 15) is 14.4 Å². The molecular weight excluding hydrogens is 334 g/mol. The van der Waals surface area contributed by atoms with Crippen LogP contribution >= 0.6 is 0 Å².